The highest BCUT2D eigenvalue weighted by Gasteiger charge is 2.23. The van der Waals surface area contributed by atoms with Gasteiger partial charge in [0.25, 0.3) is 0 Å². The topological polar surface area (TPSA) is 49.9 Å². The number of fused-ring (bicyclic) bond motifs is 2. The molecule has 1 N–H and O–H groups in total. The van der Waals surface area contributed by atoms with Gasteiger partial charge in [0.15, 0.2) is 4.80 Å². The van der Waals surface area contributed by atoms with Crippen molar-refractivity contribution < 1.29 is 5.11 Å². The summed E-state index contributed by atoms with van der Waals surface area (Å²) in [6, 6.07) is 32.5. The Bertz CT molecular complexity index is 1730. The van der Waals surface area contributed by atoms with Gasteiger partial charge in [-0.15, -0.1) is 6.58 Å². The average molecular weight is 486 g/mol. The molecule has 2 heterocycles. The van der Waals surface area contributed by atoms with Gasteiger partial charge in [-0.1, -0.05) is 102 Å². The van der Waals surface area contributed by atoms with E-state index in [2.05, 4.69) is 43.0 Å². The second-order valence-electron chi connectivity index (χ2n) is 8.48. The fourth-order valence-corrected chi connectivity index (χ4v) is 5.49. The average Bonchev–Trinajstić information content (AvgIpc) is 3.43. The Morgan fingerprint density at radius 2 is 1.64 bits per heavy atom. The molecule has 0 atom stereocenters. The van der Waals surface area contributed by atoms with Crippen LogP contribution in [0.2, 0.25) is 0 Å². The van der Waals surface area contributed by atoms with Gasteiger partial charge in [0.2, 0.25) is 5.88 Å². The summed E-state index contributed by atoms with van der Waals surface area (Å²) < 4.78 is 1.80. The highest BCUT2D eigenvalue weighted by atomic mass is 32.1. The zero-order chi connectivity index (χ0) is 24.5. The summed E-state index contributed by atoms with van der Waals surface area (Å²) in [5, 5.41) is 13.5. The predicted molar refractivity (Wildman–Crippen MR) is 150 cm³/mol. The summed E-state index contributed by atoms with van der Waals surface area (Å²) >= 11 is 1.46. The van der Waals surface area contributed by atoms with E-state index < -0.39 is 0 Å². The molecule has 1 aliphatic rings. The van der Waals surface area contributed by atoms with Gasteiger partial charge in [-0.05, 0) is 23.6 Å². The maximum absolute atomic E-state index is 11.3. The largest absolute Gasteiger partial charge is 0.493 e. The number of para-hydroxylation sites is 1. The summed E-state index contributed by atoms with van der Waals surface area (Å²) in [4.78, 5) is 11.3. The highest BCUT2D eigenvalue weighted by molar-refractivity contribution is 7.10. The van der Waals surface area contributed by atoms with Gasteiger partial charge in [-0.3, -0.25) is 4.57 Å². The van der Waals surface area contributed by atoms with Crippen LogP contribution in [-0.4, -0.2) is 15.4 Å². The fraction of sp³-hybridized carbons (Fsp3) is 0.0323. The van der Waals surface area contributed by atoms with Crippen LogP contribution in [0.15, 0.2) is 120 Å². The molecule has 1 aromatic heterocycles. The van der Waals surface area contributed by atoms with Gasteiger partial charge in [0, 0.05) is 28.6 Å². The number of nitrogens with zero attached hydrogens (tertiary/aromatic N) is 3. The van der Waals surface area contributed by atoms with Crippen LogP contribution in [0.4, 0.5) is 11.4 Å². The van der Waals surface area contributed by atoms with Crippen LogP contribution in [0.25, 0.3) is 22.4 Å². The molecule has 0 aliphatic carbocycles. The number of aromatic nitrogens is 1. The second-order valence-corrected chi connectivity index (χ2v) is 9.49. The van der Waals surface area contributed by atoms with Gasteiger partial charge >= 0.3 is 0 Å². The van der Waals surface area contributed by atoms with Gasteiger partial charge < -0.3 is 5.11 Å². The molecule has 0 saturated carbocycles. The molecule has 5 heteroatoms. The van der Waals surface area contributed by atoms with E-state index in [-0.39, 0.29) is 5.88 Å². The number of rotatable bonds is 5. The van der Waals surface area contributed by atoms with E-state index in [4.69, 9.17) is 9.98 Å². The van der Waals surface area contributed by atoms with Crippen molar-refractivity contribution in [3.05, 3.63) is 131 Å². The summed E-state index contributed by atoms with van der Waals surface area (Å²) in [7, 11) is 0. The Morgan fingerprint density at radius 1 is 0.889 bits per heavy atom. The lowest BCUT2D eigenvalue weighted by Gasteiger charge is -2.06. The van der Waals surface area contributed by atoms with Crippen molar-refractivity contribution in [2.45, 2.75) is 6.54 Å². The van der Waals surface area contributed by atoms with E-state index in [1.165, 1.54) is 11.3 Å². The quantitative estimate of drug-likeness (QED) is 0.257. The van der Waals surface area contributed by atoms with Crippen molar-refractivity contribution in [3.8, 4) is 5.88 Å². The Kier molecular flexibility index (Phi) is 5.68. The molecule has 36 heavy (non-hydrogen) atoms. The molecule has 4 aromatic carbocycles. The van der Waals surface area contributed by atoms with Gasteiger partial charge in [-0.2, -0.15) is 0 Å². The first-order valence-corrected chi connectivity index (χ1v) is 12.6. The third-order valence-corrected chi connectivity index (χ3v) is 7.22. The van der Waals surface area contributed by atoms with Crippen molar-refractivity contribution in [2.75, 3.05) is 0 Å². The standard InChI is InChI=1S/C31H23N3OS/c1-2-19-34-30(35)28(36-31(34)33-26-18-10-14-21-11-6-7-15-23(21)26)20-25-24-16-8-9-17-27(24)32-29(25)22-12-4-3-5-13-22/h2-18,20,35H,1,19H2/b25-20+,33-31?. The van der Waals surface area contributed by atoms with E-state index in [1.807, 2.05) is 66.7 Å². The number of thiazole rings is 1. The first kappa shape index (κ1) is 22.0. The van der Waals surface area contributed by atoms with Crippen LogP contribution < -0.4 is 4.80 Å². The van der Waals surface area contributed by atoms with Gasteiger partial charge in [0.05, 0.1) is 22.0 Å². The van der Waals surface area contributed by atoms with Crippen LogP contribution in [0.3, 0.4) is 0 Å². The van der Waals surface area contributed by atoms with Crippen molar-refractivity contribution in [1.29, 1.82) is 0 Å². The first-order valence-electron chi connectivity index (χ1n) is 11.7. The number of aliphatic imine (C=N–C) groups is 1. The first-order chi connectivity index (χ1) is 17.7. The monoisotopic (exact) mass is 485 g/mol. The van der Waals surface area contributed by atoms with E-state index in [0.717, 1.165) is 49.4 Å². The number of hydrogen-bond acceptors (Lipinski definition) is 4. The smallest absolute Gasteiger partial charge is 0.211 e. The maximum Gasteiger partial charge on any atom is 0.211 e. The van der Waals surface area contributed by atoms with Crippen molar-refractivity contribution in [1.82, 2.24) is 4.57 Å². The second kappa shape index (κ2) is 9.29. The Balaban J connectivity index is 1.54. The van der Waals surface area contributed by atoms with E-state index in [0.29, 0.717) is 11.3 Å². The van der Waals surface area contributed by atoms with E-state index in [9.17, 15) is 5.11 Å². The fourth-order valence-electron chi connectivity index (χ4n) is 4.50. The number of allylic oxidation sites excluding steroid dienone is 2. The zero-order valence-electron chi connectivity index (χ0n) is 19.5. The summed E-state index contributed by atoms with van der Waals surface area (Å²) in [5.74, 6) is 0.170. The lowest BCUT2D eigenvalue weighted by molar-refractivity contribution is 0.421. The highest BCUT2D eigenvalue weighted by Crippen LogP contribution is 2.39. The lowest BCUT2D eigenvalue weighted by atomic mass is 9.97. The number of hydrogen-bond donors (Lipinski definition) is 1. The van der Waals surface area contributed by atoms with Crippen LogP contribution >= 0.6 is 11.3 Å². The minimum atomic E-state index is 0.170. The Hall–Kier alpha value is -4.48. The lowest BCUT2D eigenvalue weighted by Crippen LogP contribution is -2.12. The molecule has 174 valence electrons. The van der Waals surface area contributed by atoms with Gasteiger partial charge in [-0.25, -0.2) is 9.98 Å². The molecular formula is C31H23N3OS. The molecule has 0 amide bonds. The molecule has 0 saturated heterocycles. The van der Waals surface area contributed by atoms with Crippen LogP contribution in [0.5, 0.6) is 5.88 Å². The summed E-state index contributed by atoms with van der Waals surface area (Å²) in [6.45, 7) is 4.34. The molecule has 0 fully saturated rings. The molecule has 4 nitrogen and oxygen atoms in total. The molecule has 0 unspecified atom stereocenters. The van der Waals surface area contributed by atoms with E-state index in [1.54, 1.807) is 10.6 Å². The summed E-state index contributed by atoms with van der Waals surface area (Å²) in [5.41, 5.74) is 5.76. The van der Waals surface area contributed by atoms with Crippen LogP contribution in [0, 0.1) is 0 Å². The normalized spacial score (nSPS) is 14.3. The predicted octanol–water partition coefficient (Wildman–Crippen LogP) is 7.50. The molecule has 0 radical (unpaired) electrons. The maximum atomic E-state index is 11.3. The Morgan fingerprint density at radius 3 is 2.50 bits per heavy atom. The van der Waals surface area contributed by atoms with Crippen molar-refractivity contribution >= 4 is 50.8 Å². The molecule has 0 bridgehead atoms. The third kappa shape index (κ3) is 3.89. The van der Waals surface area contributed by atoms with Crippen LogP contribution in [0.1, 0.15) is 16.0 Å². The zero-order valence-corrected chi connectivity index (χ0v) is 20.3. The Labute approximate surface area is 213 Å². The SMILES string of the molecule is C=CCn1c(O)c(/C=C2/C(c3ccccc3)=Nc3ccccc32)sc1=Nc1cccc2ccccc12. The third-order valence-electron chi connectivity index (χ3n) is 6.21. The molecular weight excluding hydrogens is 462 g/mol. The summed E-state index contributed by atoms with van der Waals surface area (Å²) in [6.07, 6.45) is 3.80. The number of benzene rings is 4. The van der Waals surface area contributed by atoms with Crippen molar-refractivity contribution in [2.24, 2.45) is 9.98 Å². The van der Waals surface area contributed by atoms with E-state index >= 15 is 0 Å². The molecule has 5 aromatic rings. The van der Waals surface area contributed by atoms with Crippen molar-refractivity contribution in [3.63, 3.8) is 0 Å². The molecule has 0 spiro atoms. The van der Waals surface area contributed by atoms with Crippen LogP contribution in [-0.2, 0) is 6.54 Å². The molecule has 6 rings (SSSR count). The molecule has 1 aliphatic heterocycles. The minimum Gasteiger partial charge on any atom is -0.493 e. The number of aromatic hydroxyl groups is 1. The minimum absolute atomic E-state index is 0.170. The van der Waals surface area contributed by atoms with Gasteiger partial charge in [0.1, 0.15) is 0 Å².